The lowest BCUT2D eigenvalue weighted by molar-refractivity contribution is 0.584. The summed E-state index contributed by atoms with van der Waals surface area (Å²) in [7, 11) is 0. The second-order valence-electron chi connectivity index (χ2n) is 3.57. The van der Waals surface area contributed by atoms with Gasteiger partial charge in [-0.15, -0.1) is 0 Å². The van der Waals surface area contributed by atoms with Gasteiger partial charge in [0, 0.05) is 11.6 Å². The molecule has 1 aromatic carbocycles. The topological polar surface area (TPSA) is 69.5 Å². The number of rotatable bonds is 2. The van der Waals surface area contributed by atoms with Crippen molar-refractivity contribution < 1.29 is 8.78 Å². The van der Waals surface area contributed by atoms with Crippen LogP contribution in [0.1, 0.15) is 5.56 Å². The predicted molar refractivity (Wildman–Crippen MR) is 66.7 cm³/mol. The molecule has 1 aromatic heterocycles. The van der Waals surface area contributed by atoms with Crippen LogP contribution in [0.3, 0.4) is 0 Å². The van der Waals surface area contributed by atoms with E-state index in [4.69, 9.17) is 5.26 Å². The molecule has 0 atom stereocenters. The van der Waals surface area contributed by atoms with Crippen LogP contribution >= 0.6 is 11.8 Å². The van der Waals surface area contributed by atoms with Crippen LogP contribution in [0.4, 0.5) is 8.78 Å². The molecule has 0 aliphatic carbocycles. The van der Waals surface area contributed by atoms with Crippen LogP contribution in [-0.2, 0) is 0 Å². The molecule has 0 aliphatic heterocycles. The van der Waals surface area contributed by atoms with E-state index in [9.17, 15) is 13.6 Å². The summed E-state index contributed by atoms with van der Waals surface area (Å²) in [6, 6.07) is 4.45. The summed E-state index contributed by atoms with van der Waals surface area (Å²) in [4.78, 5) is 18.1. The van der Waals surface area contributed by atoms with Gasteiger partial charge >= 0.3 is 0 Å². The summed E-state index contributed by atoms with van der Waals surface area (Å²) < 4.78 is 26.4. The van der Waals surface area contributed by atoms with E-state index < -0.39 is 17.2 Å². The maximum Gasteiger partial charge on any atom is 0.270 e. The van der Waals surface area contributed by atoms with Gasteiger partial charge in [0.05, 0.1) is 5.69 Å². The fourth-order valence-electron chi connectivity index (χ4n) is 1.55. The Kier molecular flexibility index (Phi) is 3.62. The van der Waals surface area contributed by atoms with Gasteiger partial charge in [-0.2, -0.15) is 5.26 Å². The van der Waals surface area contributed by atoms with Gasteiger partial charge in [-0.1, -0.05) is 11.8 Å². The van der Waals surface area contributed by atoms with Gasteiger partial charge in [0.15, 0.2) is 5.16 Å². The highest BCUT2D eigenvalue weighted by Gasteiger charge is 2.14. The zero-order valence-corrected chi connectivity index (χ0v) is 10.5. The molecular weight excluding hydrogens is 272 g/mol. The Morgan fingerprint density at radius 2 is 1.95 bits per heavy atom. The van der Waals surface area contributed by atoms with E-state index in [1.54, 1.807) is 12.3 Å². The van der Waals surface area contributed by atoms with Crippen molar-refractivity contribution in [3.63, 3.8) is 0 Å². The van der Waals surface area contributed by atoms with Crippen molar-refractivity contribution in [3.05, 3.63) is 45.8 Å². The lowest BCUT2D eigenvalue weighted by atomic mass is 10.1. The minimum atomic E-state index is -0.799. The van der Waals surface area contributed by atoms with Crippen molar-refractivity contribution in [2.24, 2.45) is 0 Å². The molecule has 0 amide bonds. The molecule has 0 saturated carbocycles. The molecule has 96 valence electrons. The van der Waals surface area contributed by atoms with E-state index >= 15 is 0 Å². The second kappa shape index (κ2) is 5.20. The molecule has 0 spiro atoms. The van der Waals surface area contributed by atoms with Crippen molar-refractivity contribution in [1.29, 1.82) is 5.26 Å². The predicted octanol–water partition coefficient (Wildman–Crippen LogP) is 2.31. The molecular formula is C12H7F2N3OS. The maximum atomic E-state index is 13.2. The third kappa shape index (κ3) is 2.63. The monoisotopic (exact) mass is 279 g/mol. The highest BCUT2D eigenvalue weighted by atomic mass is 32.2. The lowest BCUT2D eigenvalue weighted by Gasteiger charge is -2.05. The first-order valence-electron chi connectivity index (χ1n) is 5.10. The number of hydrogen-bond acceptors (Lipinski definition) is 4. The molecule has 0 bridgehead atoms. The summed E-state index contributed by atoms with van der Waals surface area (Å²) in [5, 5.41) is 9.23. The molecule has 1 heterocycles. The Labute approximate surface area is 111 Å². The van der Waals surface area contributed by atoms with Crippen LogP contribution in [0.15, 0.2) is 28.2 Å². The van der Waals surface area contributed by atoms with Crippen LogP contribution in [0, 0.1) is 23.0 Å². The van der Waals surface area contributed by atoms with Crippen LogP contribution in [0.25, 0.3) is 11.3 Å². The van der Waals surface area contributed by atoms with E-state index in [1.807, 2.05) is 0 Å². The number of nitriles is 1. The molecule has 0 aliphatic rings. The molecule has 7 heteroatoms. The molecule has 0 radical (unpaired) electrons. The van der Waals surface area contributed by atoms with Gasteiger partial charge in [0.2, 0.25) is 0 Å². The van der Waals surface area contributed by atoms with Crippen LogP contribution in [0.5, 0.6) is 0 Å². The molecule has 19 heavy (non-hydrogen) atoms. The number of aromatic amines is 1. The first-order chi connectivity index (χ1) is 9.05. The fourth-order valence-corrected chi connectivity index (χ4v) is 1.93. The molecule has 0 fully saturated rings. The summed E-state index contributed by atoms with van der Waals surface area (Å²) in [6.07, 6.45) is 1.68. The number of H-pyrrole nitrogens is 1. The first-order valence-corrected chi connectivity index (χ1v) is 6.32. The molecule has 0 saturated heterocycles. The number of nitrogens with zero attached hydrogens (tertiary/aromatic N) is 2. The SMILES string of the molecule is CSc1nc(-c2cc(F)cc(F)c2)c(C#N)c(=O)[nH]1. The molecule has 0 unspecified atom stereocenters. The van der Waals surface area contributed by atoms with E-state index in [1.165, 1.54) is 0 Å². The minimum absolute atomic E-state index is 0.0333. The number of halogens is 2. The van der Waals surface area contributed by atoms with Crippen molar-refractivity contribution in [2.45, 2.75) is 5.16 Å². The minimum Gasteiger partial charge on any atom is -0.300 e. The summed E-state index contributed by atoms with van der Waals surface area (Å²) in [5.41, 5.74) is -0.895. The zero-order valence-electron chi connectivity index (χ0n) is 9.70. The lowest BCUT2D eigenvalue weighted by Crippen LogP contribution is -2.14. The second-order valence-corrected chi connectivity index (χ2v) is 4.36. The van der Waals surface area contributed by atoms with E-state index in [0.29, 0.717) is 6.07 Å². The van der Waals surface area contributed by atoms with Gasteiger partial charge < -0.3 is 4.98 Å². The van der Waals surface area contributed by atoms with Crippen LogP contribution in [-0.4, -0.2) is 16.2 Å². The number of aromatic nitrogens is 2. The Balaban J connectivity index is 2.77. The number of thioether (sulfide) groups is 1. The fraction of sp³-hybridized carbons (Fsp3) is 0.0833. The first kappa shape index (κ1) is 13.2. The average Bonchev–Trinajstić information content (AvgIpc) is 2.36. The smallest absolute Gasteiger partial charge is 0.270 e. The van der Waals surface area contributed by atoms with Gasteiger partial charge in [-0.3, -0.25) is 4.79 Å². The van der Waals surface area contributed by atoms with Gasteiger partial charge in [0.25, 0.3) is 5.56 Å². The highest BCUT2D eigenvalue weighted by molar-refractivity contribution is 7.98. The van der Waals surface area contributed by atoms with Crippen molar-refractivity contribution in [1.82, 2.24) is 9.97 Å². The van der Waals surface area contributed by atoms with Gasteiger partial charge in [-0.25, -0.2) is 13.8 Å². The maximum absolute atomic E-state index is 13.2. The van der Waals surface area contributed by atoms with Crippen molar-refractivity contribution in [3.8, 4) is 17.3 Å². The third-order valence-corrected chi connectivity index (χ3v) is 2.92. The van der Waals surface area contributed by atoms with Crippen LogP contribution < -0.4 is 5.56 Å². The Morgan fingerprint density at radius 3 is 2.47 bits per heavy atom. The van der Waals surface area contributed by atoms with Gasteiger partial charge in [0.1, 0.15) is 23.3 Å². The third-order valence-electron chi connectivity index (χ3n) is 2.34. The van der Waals surface area contributed by atoms with Crippen LogP contribution in [0.2, 0.25) is 0 Å². The van der Waals surface area contributed by atoms with E-state index in [0.717, 1.165) is 23.9 Å². The number of benzene rings is 1. The van der Waals surface area contributed by atoms with Crippen molar-refractivity contribution in [2.75, 3.05) is 6.26 Å². The molecule has 1 N–H and O–H groups in total. The average molecular weight is 279 g/mol. The Hall–Kier alpha value is -2.20. The number of hydrogen-bond donors (Lipinski definition) is 1. The summed E-state index contributed by atoms with van der Waals surface area (Å²) >= 11 is 1.16. The molecule has 2 aromatic rings. The number of nitrogens with one attached hydrogen (secondary N) is 1. The highest BCUT2D eigenvalue weighted by Crippen LogP contribution is 2.23. The molecule has 4 nitrogen and oxygen atoms in total. The Morgan fingerprint density at radius 1 is 1.32 bits per heavy atom. The standard InChI is InChI=1S/C12H7F2N3OS/c1-19-12-16-10(9(5-15)11(18)17-12)6-2-7(13)4-8(14)3-6/h2-4H,1H3,(H,16,17,18). The molecule has 2 rings (SSSR count). The van der Waals surface area contributed by atoms with E-state index in [2.05, 4.69) is 9.97 Å². The van der Waals surface area contributed by atoms with Gasteiger partial charge in [-0.05, 0) is 18.4 Å². The normalized spacial score (nSPS) is 10.2. The summed E-state index contributed by atoms with van der Waals surface area (Å²) in [5.74, 6) is -1.60. The van der Waals surface area contributed by atoms with E-state index in [-0.39, 0.29) is 22.0 Å². The zero-order chi connectivity index (χ0) is 14.0. The Bertz CT molecular complexity index is 716. The quantitative estimate of drug-likeness (QED) is 0.676. The summed E-state index contributed by atoms with van der Waals surface area (Å²) in [6.45, 7) is 0. The van der Waals surface area contributed by atoms with Crippen molar-refractivity contribution >= 4 is 11.8 Å². The largest absolute Gasteiger partial charge is 0.300 e.